The molecule has 2 N–H and O–H groups in total. The van der Waals surface area contributed by atoms with Gasteiger partial charge in [0.15, 0.2) is 5.58 Å². The van der Waals surface area contributed by atoms with Gasteiger partial charge in [-0.05, 0) is 30.9 Å². The summed E-state index contributed by atoms with van der Waals surface area (Å²) in [6, 6.07) is 8.94. The molecule has 4 heteroatoms. The molecule has 0 spiro atoms. The predicted molar refractivity (Wildman–Crippen MR) is 72.6 cm³/mol. The lowest BCUT2D eigenvalue weighted by Gasteiger charge is -2.38. The second-order valence-electron chi connectivity index (χ2n) is 5.08. The number of aromatic nitrogens is 1. The fraction of sp³-hybridized carbons (Fsp3) is 0.500. The SMILES string of the molecule is CC1CCCN(c2nc3ccccc3o2)C1CN. The van der Waals surface area contributed by atoms with Crippen molar-refractivity contribution >= 4 is 17.1 Å². The quantitative estimate of drug-likeness (QED) is 0.882. The van der Waals surface area contributed by atoms with E-state index in [-0.39, 0.29) is 0 Å². The minimum absolute atomic E-state index is 0.340. The Labute approximate surface area is 107 Å². The standard InChI is InChI=1S/C14H19N3O/c1-10-5-4-8-17(12(10)9-15)14-16-11-6-2-3-7-13(11)18-14/h2-3,6-7,10,12H,4-5,8-9,15H2,1H3. The van der Waals surface area contributed by atoms with Crippen molar-refractivity contribution < 1.29 is 4.42 Å². The molecule has 0 amide bonds. The number of hydrogen-bond donors (Lipinski definition) is 1. The van der Waals surface area contributed by atoms with Crippen molar-refractivity contribution in [2.45, 2.75) is 25.8 Å². The van der Waals surface area contributed by atoms with Crippen LogP contribution in [0.1, 0.15) is 19.8 Å². The van der Waals surface area contributed by atoms with Crippen molar-refractivity contribution in [1.29, 1.82) is 0 Å². The average Bonchev–Trinajstić information content (AvgIpc) is 2.82. The predicted octanol–water partition coefficient (Wildman–Crippen LogP) is 2.39. The zero-order valence-electron chi connectivity index (χ0n) is 10.7. The molecule has 1 aliphatic heterocycles. The highest BCUT2D eigenvalue weighted by Gasteiger charge is 2.30. The van der Waals surface area contributed by atoms with Gasteiger partial charge in [0.1, 0.15) is 5.52 Å². The molecule has 0 aliphatic carbocycles. The fourth-order valence-electron chi connectivity index (χ4n) is 2.83. The maximum absolute atomic E-state index is 5.90. The summed E-state index contributed by atoms with van der Waals surface area (Å²) in [6.07, 6.45) is 2.41. The second-order valence-corrected chi connectivity index (χ2v) is 5.08. The first kappa shape index (κ1) is 11.5. The van der Waals surface area contributed by atoms with Gasteiger partial charge < -0.3 is 15.1 Å². The van der Waals surface area contributed by atoms with Crippen molar-refractivity contribution in [3.63, 3.8) is 0 Å². The monoisotopic (exact) mass is 245 g/mol. The van der Waals surface area contributed by atoms with Gasteiger partial charge in [-0.2, -0.15) is 4.98 Å². The Morgan fingerprint density at radius 2 is 2.28 bits per heavy atom. The zero-order chi connectivity index (χ0) is 12.5. The molecule has 4 nitrogen and oxygen atoms in total. The number of hydrogen-bond acceptors (Lipinski definition) is 4. The third-order valence-corrected chi connectivity index (χ3v) is 3.89. The van der Waals surface area contributed by atoms with Crippen LogP contribution >= 0.6 is 0 Å². The van der Waals surface area contributed by atoms with Crippen molar-refractivity contribution in [2.75, 3.05) is 18.0 Å². The van der Waals surface area contributed by atoms with Crippen molar-refractivity contribution in [3.8, 4) is 0 Å². The van der Waals surface area contributed by atoms with Gasteiger partial charge in [0.05, 0.1) is 0 Å². The summed E-state index contributed by atoms with van der Waals surface area (Å²) in [7, 11) is 0. The van der Waals surface area contributed by atoms with Gasteiger partial charge in [-0.15, -0.1) is 0 Å². The molecule has 1 aliphatic rings. The lowest BCUT2D eigenvalue weighted by atomic mass is 9.91. The van der Waals surface area contributed by atoms with E-state index in [4.69, 9.17) is 10.2 Å². The van der Waals surface area contributed by atoms with Gasteiger partial charge in [-0.1, -0.05) is 19.1 Å². The van der Waals surface area contributed by atoms with Crippen LogP contribution in [0.3, 0.4) is 0 Å². The van der Waals surface area contributed by atoms with Gasteiger partial charge in [-0.25, -0.2) is 0 Å². The summed E-state index contributed by atoms with van der Waals surface area (Å²) in [4.78, 5) is 6.80. The van der Waals surface area contributed by atoms with Crippen LogP contribution in [0.15, 0.2) is 28.7 Å². The number of nitrogens with zero attached hydrogens (tertiary/aromatic N) is 2. The van der Waals surface area contributed by atoms with Gasteiger partial charge >= 0.3 is 0 Å². The molecule has 1 aromatic carbocycles. The number of nitrogens with two attached hydrogens (primary N) is 1. The lowest BCUT2D eigenvalue weighted by Crippen LogP contribution is -2.48. The number of oxazole rings is 1. The summed E-state index contributed by atoms with van der Waals surface area (Å²) in [5.74, 6) is 0.596. The van der Waals surface area contributed by atoms with E-state index in [0.29, 0.717) is 18.5 Å². The largest absolute Gasteiger partial charge is 0.423 e. The minimum atomic E-state index is 0.340. The number of para-hydroxylation sites is 2. The van der Waals surface area contributed by atoms with Gasteiger partial charge in [0, 0.05) is 19.1 Å². The van der Waals surface area contributed by atoms with Crippen LogP contribution in [0.2, 0.25) is 0 Å². The first-order chi connectivity index (χ1) is 8.79. The van der Waals surface area contributed by atoms with E-state index >= 15 is 0 Å². The molecular formula is C14H19N3O. The number of benzene rings is 1. The smallest absolute Gasteiger partial charge is 0.298 e. The number of fused-ring (bicyclic) bond motifs is 1. The van der Waals surface area contributed by atoms with Crippen LogP contribution in [-0.2, 0) is 0 Å². The van der Waals surface area contributed by atoms with Crippen LogP contribution in [0.5, 0.6) is 0 Å². The highest BCUT2D eigenvalue weighted by atomic mass is 16.4. The molecule has 1 fully saturated rings. The summed E-state index contributed by atoms with van der Waals surface area (Å²) in [5.41, 5.74) is 7.67. The Balaban J connectivity index is 1.96. The van der Waals surface area contributed by atoms with Gasteiger partial charge in [0.2, 0.25) is 0 Å². The Kier molecular flexibility index (Phi) is 2.96. The second kappa shape index (κ2) is 4.61. The topological polar surface area (TPSA) is 55.3 Å². The van der Waals surface area contributed by atoms with E-state index in [1.54, 1.807) is 0 Å². The average molecular weight is 245 g/mol. The molecule has 2 aromatic rings. The van der Waals surface area contributed by atoms with Crippen LogP contribution in [-0.4, -0.2) is 24.1 Å². The van der Waals surface area contributed by atoms with Crippen LogP contribution in [0.25, 0.3) is 11.1 Å². The number of anilines is 1. The van der Waals surface area contributed by atoms with Crippen LogP contribution in [0.4, 0.5) is 6.01 Å². The van der Waals surface area contributed by atoms with Crippen molar-refractivity contribution in [1.82, 2.24) is 4.98 Å². The van der Waals surface area contributed by atoms with Gasteiger partial charge in [0.25, 0.3) is 6.01 Å². The molecule has 2 unspecified atom stereocenters. The third-order valence-electron chi connectivity index (χ3n) is 3.89. The van der Waals surface area contributed by atoms with E-state index in [9.17, 15) is 0 Å². The Hall–Kier alpha value is -1.55. The third kappa shape index (κ3) is 1.86. The van der Waals surface area contributed by atoms with Crippen LogP contribution < -0.4 is 10.6 Å². The van der Waals surface area contributed by atoms with Crippen molar-refractivity contribution in [3.05, 3.63) is 24.3 Å². The molecule has 1 aromatic heterocycles. The summed E-state index contributed by atoms with van der Waals surface area (Å²) in [5, 5.41) is 0. The summed E-state index contributed by atoms with van der Waals surface area (Å²) < 4.78 is 5.85. The van der Waals surface area contributed by atoms with E-state index in [0.717, 1.165) is 23.7 Å². The maximum atomic E-state index is 5.90. The summed E-state index contributed by atoms with van der Waals surface area (Å²) >= 11 is 0. The molecular weight excluding hydrogens is 226 g/mol. The minimum Gasteiger partial charge on any atom is -0.423 e. The van der Waals surface area contributed by atoms with Crippen molar-refractivity contribution in [2.24, 2.45) is 11.7 Å². The lowest BCUT2D eigenvalue weighted by molar-refractivity contribution is 0.333. The Morgan fingerprint density at radius 1 is 1.44 bits per heavy atom. The molecule has 3 rings (SSSR count). The zero-order valence-corrected chi connectivity index (χ0v) is 10.7. The Bertz CT molecular complexity index is 504. The maximum Gasteiger partial charge on any atom is 0.298 e. The van der Waals surface area contributed by atoms with Gasteiger partial charge in [-0.3, -0.25) is 0 Å². The molecule has 0 radical (unpaired) electrons. The van der Waals surface area contributed by atoms with Crippen LogP contribution in [0, 0.1) is 5.92 Å². The number of rotatable bonds is 2. The highest BCUT2D eigenvalue weighted by Crippen LogP contribution is 2.29. The fourth-order valence-corrected chi connectivity index (χ4v) is 2.83. The molecule has 18 heavy (non-hydrogen) atoms. The molecule has 2 heterocycles. The molecule has 0 bridgehead atoms. The van der Waals surface area contributed by atoms with E-state index in [1.807, 2.05) is 24.3 Å². The number of piperidine rings is 1. The normalized spacial score (nSPS) is 24.7. The van der Waals surface area contributed by atoms with E-state index in [1.165, 1.54) is 12.8 Å². The molecule has 1 saturated heterocycles. The highest BCUT2D eigenvalue weighted by molar-refractivity contribution is 5.74. The summed E-state index contributed by atoms with van der Waals surface area (Å²) in [6.45, 7) is 3.89. The van der Waals surface area contributed by atoms with E-state index < -0.39 is 0 Å². The molecule has 2 atom stereocenters. The first-order valence-electron chi connectivity index (χ1n) is 6.62. The molecule has 0 saturated carbocycles. The first-order valence-corrected chi connectivity index (χ1v) is 6.62. The van der Waals surface area contributed by atoms with E-state index in [2.05, 4.69) is 16.8 Å². The Morgan fingerprint density at radius 3 is 3.06 bits per heavy atom. The molecule has 96 valence electrons.